The summed E-state index contributed by atoms with van der Waals surface area (Å²) in [6.07, 6.45) is 0.938. The van der Waals surface area contributed by atoms with Gasteiger partial charge in [0.05, 0.1) is 0 Å². The largest absolute Gasteiger partial charge is 0.382 e. The van der Waals surface area contributed by atoms with Crippen LogP contribution in [0, 0.1) is 0 Å². The maximum absolute atomic E-state index is 5.21. The Morgan fingerprint density at radius 1 is 1.47 bits per heavy atom. The molecule has 1 heterocycles. The maximum Gasteiger partial charge on any atom is 0.321 e. The van der Waals surface area contributed by atoms with Crippen LogP contribution in [0.4, 0.5) is 6.01 Å². The molecule has 1 aromatic rings. The van der Waals surface area contributed by atoms with Gasteiger partial charge in [0.2, 0.25) is 0 Å². The second-order valence-electron chi connectivity index (χ2n) is 3.59. The third kappa shape index (κ3) is 4.29. The number of rotatable bonds is 7. The molecule has 5 nitrogen and oxygen atoms in total. The minimum absolute atomic E-state index is 0.299. The summed E-state index contributed by atoms with van der Waals surface area (Å²) in [5.74, 6) is 1.04. The van der Waals surface area contributed by atoms with Gasteiger partial charge in [-0.15, -0.1) is 0 Å². The summed E-state index contributed by atoms with van der Waals surface area (Å²) in [6.45, 7) is 8.36. The summed E-state index contributed by atoms with van der Waals surface area (Å²) in [4.78, 5) is 4.20. The van der Waals surface area contributed by atoms with E-state index < -0.39 is 0 Å². The van der Waals surface area contributed by atoms with Crippen molar-refractivity contribution in [2.45, 2.75) is 33.1 Å². The van der Waals surface area contributed by atoms with E-state index in [0.717, 1.165) is 32.0 Å². The Labute approximate surface area is 90.2 Å². The number of ether oxygens (including phenoxy) is 1. The first-order valence-electron chi connectivity index (χ1n) is 5.39. The Hall–Kier alpha value is -1.10. The summed E-state index contributed by atoms with van der Waals surface area (Å²) >= 11 is 0. The number of hydrogen-bond acceptors (Lipinski definition) is 5. The summed E-state index contributed by atoms with van der Waals surface area (Å²) in [5.41, 5.74) is 0. The second-order valence-corrected chi connectivity index (χ2v) is 3.59. The van der Waals surface area contributed by atoms with Crippen molar-refractivity contribution in [3.63, 3.8) is 0 Å². The molecular weight excluding hydrogens is 194 g/mol. The zero-order valence-electron chi connectivity index (χ0n) is 9.62. The van der Waals surface area contributed by atoms with Gasteiger partial charge in [-0.3, -0.25) is 0 Å². The second kappa shape index (κ2) is 6.40. The Morgan fingerprint density at radius 3 is 2.87 bits per heavy atom. The van der Waals surface area contributed by atoms with E-state index in [0.29, 0.717) is 11.9 Å². The first-order chi connectivity index (χ1) is 7.24. The van der Waals surface area contributed by atoms with Crippen LogP contribution < -0.4 is 5.32 Å². The van der Waals surface area contributed by atoms with Crippen molar-refractivity contribution in [1.29, 1.82) is 0 Å². The molecular formula is C10H19N3O2. The van der Waals surface area contributed by atoms with Gasteiger partial charge in [-0.1, -0.05) is 19.0 Å². The van der Waals surface area contributed by atoms with Crippen LogP contribution >= 0.6 is 0 Å². The lowest BCUT2D eigenvalue weighted by atomic mass is 10.2. The van der Waals surface area contributed by atoms with Crippen LogP contribution in [0.25, 0.3) is 0 Å². The molecule has 0 atom stereocenters. The molecule has 0 aromatic carbocycles. The third-order valence-corrected chi connectivity index (χ3v) is 1.90. The predicted molar refractivity (Wildman–Crippen MR) is 58.0 cm³/mol. The normalized spacial score (nSPS) is 10.9. The standard InChI is InChI=1S/C10H19N3O2/c1-4-14-7-5-6-11-10-12-9(8(2)3)13-15-10/h8H,4-7H2,1-3H3,(H,11,12,13). The van der Waals surface area contributed by atoms with Crippen LogP contribution in [-0.2, 0) is 4.74 Å². The van der Waals surface area contributed by atoms with Gasteiger partial charge in [0.15, 0.2) is 5.82 Å². The molecule has 5 heteroatoms. The van der Waals surface area contributed by atoms with E-state index in [2.05, 4.69) is 15.5 Å². The molecule has 0 aliphatic carbocycles. The van der Waals surface area contributed by atoms with E-state index in [-0.39, 0.29) is 0 Å². The van der Waals surface area contributed by atoms with Crippen LogP contribution in [0.1, 0.15) is 38.9 Å². The highest BCUT2D eigenvalue weighted by molar-refractivity contribution is 5.18. The lowest BCUT2D eigenvalue weighted by Crippen LogP contribution is -2.05. The van der Waals surface area contributed by atoms with E-state index in [1.807, 2.05) is 20.8 Å². The quantitative estimate of drug-likeness (QED) is 0.702. The summed E-state index contributed by atoms with van der Waals surface area (Å²) in [7, 11) is 0. The van der Waals surface area contributed by atoms with Crippen LogP contribution in [0.15, 0.2) is 4.52 Å². The molecule has 0 saturated carbocycles. The molecule has 0 radical (unpaired) electrons. The zero-order chi connectivity index (χ0) is 11.1. The monoisotopic (exact) mass is 213 g/mol. The highest BCUT2D eigenvalue weighted by Gasteiger charge is 2.08. The van der Waals surface area contributed by atoms with Gasteiger partial charge in [0.25, 0.3) is 0 Å². The number of aromatic nitrogens is 2. The number of hydrogen-bond donors (Lipinski definition) is 1. The van der Waals surface area contributed by atoms with Gasteiger partial charge in [-0.25, -0.2) is 0 Å². The molecule has 1 N–H and O–H groups in total. The molecule has 1 rings (SSSR count). The van der Waals surface area contributed by atoms with Crippen molar-refractivity contribution >= 4 is 6.01 Å². The van der Waals surface area contributed by atoms with Gasteiger partial charge in [-0.2, -0.15) is 4.98 Å². The first-order valence-corrected chi connectivity index (χ1v) is 5.39. The lowest BCUT2D eigenvalue weighted by Gasteiger charge is -2.00. The highest BCUT2D eigenvalue weighted by Crippen LogP contribution is 2.12. The van der Waals surface area contributed by atoms with Gasteiger partial charge >= 0.3 is 6.01 Å². The van der Waals surface area contributed by atoms with Crippen LogP contribution in [0.2, 0.25) is 0 Å². The SMILES string of the molecule is CCOCCCNc1nc(C(C)C)no1. The fourth-order valence-corrected chi connectivity index (χ4v) is 1.06. The molecule has 15 heavy (non-hydrogen) atoms. The minimum Gasteiger partial charge on any atom is -0.382 e. The first kappa shape index (κ1) is 12.0. The fourth-order valence-electron chi connectivity index (χ4n) is 1.06. The van der Waals surface area contributed by atoms with Gasteiger partial charge in [0, 0.05) is 25.7 Å². The topological polar surface area (TPSA) is 60.2 Å². The molecule has 86 valence electrons. The molecule has 0 spiro atoms. The minimum atomic E-state index is 0.299. The van der Waals surface area contributed by atoms with Crippen LogP contribution in [0.5, 0.6) is 0 Å². The third-order valence-electron chi connectivity index (χ3n) is 1.90. The summed E-state index contributed by atoms with van der Waals surface area (Å²) < 4.78 is 10.2. The van der Waals surface area contributed by atoms with Gasteiger partial charge in [-0.05, 0) is 13.3 Å². The summed E-state index contributed by atoms with van der Waals surface area (Å²) in [5, 5.41) is 6.91. The number of nitrogens with zero attached hydrogens (tertiary/aromatic N) is 2. The van der Waals surface area contributed by atoms with E-state index in [9.17, 15) is 0 Å². The molecule has 0 saturated heterocycles. The lowest BCUT2D eigenvalue weighted by molar-refractivity contribution is 0.147. The van der Waals surface area contributed by atoms with Crippen molar-refractivity contribution < 1.29 is 9.26 Å². The fraction of sp³-hybridized carbons (Fsp3) is 0.800. The van der Waals surface area contributed by atoms with Crippen molar-refractivity contribution in [3.05, 3.63) is 5.82 Å². The number of nitrogens with one attached hydrogen (secondary N) is 1. The van der Waals surface area contributed by atoms with E-state index in [1.165, 1.54) is 0 Å². The predicted octanol–water partition coefficient (Wildman–Crippen LogP) is 2.03. The van der Waals surface area contributed by atoms with Gasteiger partial charge < -0.3 is 14.6 Å². The van der Waals surface area contributed by atoms with Crippen LogP contribution in [-0.4, -0.2) is 29.9 Å². The molecule has 0 aliphatic heterocycles. The van der Waals surface area contributed by atoms with E-state index in [1.54, 1.807) is 0 Å². The number of anilines is 1. The zero-order valence-corrected chi connectivity index (χ0v) is 9.62. The molecule has 0 bridgehead atoms. The smallest absolute Gasteiger partial charge is 0.321 e. The average molecular weight is 213 g/mol. The Balaban J connectivity index is 2.20. The molecule has 0 aliphatic rings. The summed E-state index contributed by atoms with van der Waals surface area (Å²) in [6, 6.07) is 0.496. The van der Waals surface area contributed by atoms with Crippen molar-refractivity contribution in [1.82, 2.24) is 10.1 Å². The molecule has 0 amide bonds. The highest BCUT2D eigenvalue weighted by atomic mass is 16.5. The Kier molecular flexibility index (Phi) is 5.10. The molecule has 0 unspecified atom stereocenters. The molecule has 0 fully saturated rings. The van der Waals surface area contributed by atoms with Gasteiger partial charge in [0.1, 0.15) is 0 Å². The van der Waals surface area contributed by atoms with Crippen molar-refractivity contribution in [3.8, 4) is 0 Å². The van der Waals surface area contributed by atoms with E-state index in [4.69, 9.17) is 9.26 Å². The van der Waals surface area contributed by atoms with Crippen molar-refractivity contribution in [2.24, 2.45) is 0 Å². The Morgan fingerprint density at radius 2 is 2.27 bits per heavy atom. The Bertz CT molecular complexity index is 273. The molecule has 1 aromatic heterocycles. The maximum atomic E-state index is 5.21. The van der Waals surface area contributed by atoms with Crippen molar-refractivity contribution in [2.75, 3.05) is 25.1 Å². The van der Waals surface area contributed by atoms with Crippen LogP contribution in [0.3, 0.4) is 0 Å². The average Bonchev–Trinajstić information content (AvgIpc) is 2.66. The van der Waals surface area contributed by atoms with E-state index >= 15 is 0 Å².